The summed E-state index contributed by atoms with van der Waals surface area (Å²) in [6, 6.07) is 0. The van der Waals surface area contributed by atoms with Gasteiger partial charge in [0, 0.05) is 33.1 Å². The van der Waals surface area contributed by atoms with Crippen LogP contribution in [0.1, 0.15) is 27.7 Å². The Morgan fingerprint density at radius 2 is 1.71 bits per heavy atom. The van der Waals surface area contributed by atoms with Crippen molar-refractivity contribution in [1.29, 1.82) is 0 Å². The van der Waals surface area contributed by atoms with Crippen LogP contribution in [0, 0.1) is 0 Å². The number of esters is 1. The molecule has 0 unspecified atom stereocenters. The van der Waals surface area contributed by atoms with E-state index in [0.29, 0.717) is 32.8 Å². The molecule has 5 heteroatoms. The van der Waals surface area contributed by atoms with Gasteiger partial charge in [0.2, 0.25) is 5.91 Å². The van der Waals surface area contributed by atoms with Gasteiger partial charge in [0.1, 0.15) is 5.54 Å². The van der Waals surface area contributed by atoms with Crippen LogP contribution >= 0.6 is 0 Å². The Labute approximate surface area is 103 Å². The fourth-order valence-electron chi connectivity index (χ4n) is 2.02. The molecule has 1 aliphatic rings. The first-order valence-corrected chi connectivity index (χ1v) is 6.07. The minimum Gasteiger partial charge on any atom is -0.465 e. The predicted molar refractivity (Wildman–Crippen MR) is 64.5 cm³/mol. The van der Waals surface area contributed by atoms with Crippen LogP contribution in [-0.4, -0.2) is 60.0 Å². The lowest BCUT2D eigenvalue weighted by Gasteiger charge is -2.42. The summed E-state index contributed by atoms with van der Waals surface area (Å²) in [5, 5.41) is 0. The van der Waals surface area contributed by atoms with Gasteiger partial charge in [-0.1, -0.05) is 0 Å². The van der Waals surface area contributed by atoms with Crippen LogP contribution < -0.4 is 0 Å². The van der Waals surface area contributed by atoms with Crippen molar-refractivity contribution in [3.05, 3.63) is 0 Å². The van der Waals surface area contributed by atoms with Crippen molar-refractivity contribution < 1.29 is 14.3 Å². The van der Waals surface area contributed by atoms with Crippen LogP contribution in [0.5, 0.6) is 0 Å². The molecule has 1 saturated heterocycles. The lowest BCUT2D eigenvalue weighted by Crippen LogP contribution is -2.58. The molecule has 1 aliphatic heterocycles. The van der Waals surface area contributed by atoms with E-state index in [1.165, 1.54) is 0 Å². The second kappa shape index (κ2) is 5.49. The number of carbonyl (C=O) groups excluding carboxylic acids is 2. The maximum absolute atomic E-state index is 11.8. The maximum atomic E-state index is 11.8. The Hall–Kier alpha value is -1.10. The summed E-state index contributed by atoms with van der Waals surface area (Å²) in [4.78, 5) is 26.9. The third-order valence-electron chi connectivity index (χ3n) is 3.29. The van der Waals surface area contributed by atoms with Gasteiger partial charge in [0.15, 0.2) is 0 Å². The summed E-state index contributed by atoms with van der Waals surface area (Å²) in [6.45, 7) is 10.3. The average molecular weight is 242 g/mol. The van der Waals surface area contributed by atoms with Crippen LogP contribution in [0.25, 0.3) is 0 Å². The highest BCUT2D eigenvalue weighted by atomic mass is 16.5. The molecule has 0 saturated carbocycles. The molecule has 1 amide bonds. The number of nitrogens with zero attached hydrogens (tertiary/aromatic N) is 2. The van der Waals surface area contributed by atoms with Crippen molar-refractivity contribution in [2.24, 2.45) is 0 Å². The number of hydrogen-bond donors (Lipinski definition) is 0. The second-order valence-electron chi connectivity index (χ2n) is 4.77. The molecule has 1 rings (SSSR count). The minimum atomic E-state index is -0.612. The third kappa shape index (κ3) is 3.19. The van der Waals surface area contributed by atoms with E-state index < -0.39 is 5.54 Å². The molecule has 0 aromatic carbocycles. The van der Waals surface area contributed by atoms with Gasteiger partial charge in [-0.2, -0.15) is 0 Å². The van der Waals surface area contributed by atoms with Gasteiger partial charge in [0.25, 0.3) is 0 Å². The molecule has 1 fully saturated rings. The number of carbonyl (C=O) groups is 2. The molecule has 5 nitrogen and oxygen atoms in total. The Kier molecular flexibility index (Phi) is 4.51. The van der Waals surface area contributed by atoms with E-state index in [-0.39, 0.29) is 11.9 Å². The van der Waals surface area contributed by atoms with Gasteiger partial charge >= 0.3 is 5.97 Å². The monoisotopic (exact) mass is 242 g/mol. The molecule has 0 atom stereocenters. The van der Waals surface area contributed by atoms with Crippen molar-refractivity contribution >= 4 is 11.9 Å². The van der Waals surface area contributed by atoms with E-state index in [0.717, 1.165) is 0 Å². The molecule has 0 aromatic heterocycles. The molecule has 98 valence electrons. The molecule has 0 N–H and O–H groups in total. The second-order valence-corrected chi connectivity index (χ2v) is 4.77. The molecule has 0 spiro atoms. The quantitative estimate of drug-likeness (QED) is 0.676. The third-order valence-corrected chi connectivity index (χ3v) is 3.29. The van der Waals surface area contributed by atoms with Crippen molar-refractivity contribution in [2.45, 2.75) is 33.2 Å². The SMILES string of the molecule is CCOC(=O)C(C)(C)N1CCN(C(C)=O)CC1. The number of hydrogen-bond acceptors (Lipinski definition) is 4. The molecule has 0 aliphatic carbocycles. The van der Waals surface area contributed by atoms with E-state index in [1.54, 1.807) is 11.8 Å². The van der Waals surface area contributed by atoms with Gasteiger partial charge in [-0.15, -0.1) is 0 Å². The summed E-state index contributed by atoms with van der Waals surface area (Å²) in [5.41, 5.74) is -0.612. The van der Waals surface area contributed by atoms with Gasteiger partial charge in [-0.05, 0) is 20.8 Å². The largest absolute Gasteiger partial charge is 0.465 e. The fourth-order valence-corrected chi connectivity index (χ4v) is 2.02. The first-order valence-electron chi connectivity index (χ1n) is 6.07. The molecule has 1 heterocycles. The topological polar surface area (TPSA) is 49.9 Å². The van der Waals surface area contributed by atoms with Gasteiger partial charge < -0.3 is 9.64 Å². The van der Waals surface area contributed by atoms with Gasteiger partial charge in [0.05, 0.1) is 6.61 Å². The first-order chi connectivity index (χ1) is 7.89. The Morgan fingerprint density at radius 1 is 1.18 bits per heavy atom. The van der Waals surface area contributed by atoms with Crippen molar-refractivity contribution in [3.8, 4) is 0 Å². The summed E-state index contributed by atoms with van der Waals surface area (Å²) in [7, 11) is 0. The normalized spacial score (nSPS) is 18.0. The highest BCUT2D eigenvalue weighted by Crippen LogP contribution is 2.18. The highest BCUT2D eigenvalue weighted by Gasteiger charge is 2.37. The summed E-state index contributed by atoms with van der Waals surface area (Å²) in [5.74, 6) is -0.102. The molecule has 17 heavy (non-hydrogen) atoms. The lowest BCUT2D eigenvalue weighted by molar-refractivity contribution is -0.157. The average Bonchev–Trinajstić information content (AvgIpc) is 2.29. The highest BCUT2D eigenvalue weighted by molar-refractivity contribution is 5.80. The molecule has 0 radical (unpaired) electrons. The number of ether oxygens (including phenoxy) is 1. The molecular formula is C12H22N2O3. The smallest absolute Gasteiger partial charge is 0.325 e. The molecular weight excluding hydrogens is 220 g/mol. The Bertz CT molecular complexity index is 294. The minimum absolute atomic E-state index is 0.0959. The van der Waals surface area contributed by atoms with E-state index in [2.05, 4.69) is 4.90 Å². The molecule has 0 bridgehead atoms. The van der Waals surface area contributed by atoms with Crippen molar-refractivity contribution in [3.63, 3.8) is 0 Å². The maximum Gasteiger partial charge on any atom is 0.325 e. The first kappa shape index (κ1) is 14.0. The van der Waals surface area contributed by atoms with Crippen molar-refractivity contribution in [1.82, 2.24) is 9.80 Å². The lowest BCUT2D eigenvalue weighted by atomic mass is 10.0. The van der Waals surface area contributed by atoms with Crippen molar-refractivity contribution in [2.75, 3.05) is 32.8 Å². The van der Waals surface area contributed by atoms with E-state index >= 15 is 0 Å². The zero-order valence-electron chi connectivity index (χ0n) is 11.2. The summed E-state index contributed by atoms with van der Waals surface area (Å²) >= 11 is 0. The van der Waals surface area contributed by atoms with E-state index in [9.17, 15) is 9.59 Å². The van der Waals surface area contributed by atoms with Crippen LogP contribution in [0.4, 0.5) is 0 Å². The summed E-state index contributed by atoms with van der Waals surface area (Å²) in [6.07, 6.45) is 0. The number of amides is 1. The zero-order valence-corrected chi connectivity index (χ0v) is 11.2. The van der Waals surface area contributed by atoms with Crippen LogP contribution in [0.15, 0.2) is 0 Å². The molecule has 0 aromatic rings. The number of rotatable bonds is 3. The fraction of sp³-hybridized carbons (Fsp3) is 0.833. The Balaban J connectivity index is 2.58. The van der Waals surface area contributed by atoms with Crippen LogP contribution in [0.2, 0.25) is 0 Å². The standard InChI is InChI=1S/C12H22N2O3/c1-5-17-11(16)12(3,4)14-8-6-13(7-9-14)10(2)15/h5-9H2,1-4H3. The predicted octanol–water partition coefficient (Wildman–Crippen LogP) is 0.492. The van der Waals surface area contributed by atoms with E-state index in [4.69, 9.17) is 4.74 Å². The summed E-state index contributed by atoms with van der Waals surface area (Å²) < 4.78 is 5.07. The van der Waals surface area contributed by atoms with Gasteiger partial charge in [-0.3, -0.25) is 14.5 Å². The van der Waals surface area contributed by atoms with E-state index in [1.807, 2.05) is 20.8 Å². The van der Waals surface area contributed by atoms with Gasteiger partial charge in [-0.25, -0.2) is 0 Å². The Morgan fingerprint density at radius 3 is 2.12 bits per heavy atom. The van der Waals surface area contributed by atoms with Crippen LogP contribution in [0.3, 0.4) is 0 Å². The zero-order chi connectivity index (χ0) is 13.1. The van der Waals surface area contributed by atoms with Crippen LogP contribution in [-0.2, 0) is 14.3 Å². The number of piperazine rings is 1.